The minimum Gasteiger partial charge on any atom is -0.493 e. The molecule has 1 saturated heterocycles. The molecule has 28 heavy (non-hydrogen) atoms. The number of rotatable bonds is 9. The molecule has 8 heteroatoms. The summed E-state index contributed by atoms with van der Waals surface area (Å²) in [5.41, 5.74) is 11.4. The van der Waals surface area contributed by atoms with Crippen LogP contribution in [-0.2, 0) is 20.8 Å². The van der Waals surface area contributed by atoms with Crippen LogP contribution in [0, 0.1) is 0 Å². The topological polar surface area (TPSA) is 87.2 Å². The molecule has 2 atom stereocenters. The van der Waals surface area contributed by atoms with Gasteiger partial charge in [0.15, 0.2) is 6.17 Å². The van der Waals surface area contributed by atoms with Gasteiger partial charge in [0.05, 0.1) is 40.1 Å². The number of hydrogen-bond acceptors (Lipinski definition) is 6. The zero-order valence-corrected chi connectivity index (χ0v) is 17.8. The van der Waals surface area contributed by atoms with E-state index in [1.165, 1.54) is 5.56 Å². The molecule has 0 spiro atoms. The number of nitrogens with one attached hydrogen (secondary N) is 1. The summed E-state index contributed by atoms with van der Waals surface area (Å²) in [4.78, 5) is 13.4. The normalized spacial score (nSPS) is 18.6. The molecule has 5 N–H and O–H groups in total. The summed E-state index contributed by atoms with van der Waals surface area (Å²) in [6.07, 6.45) is 2.65. The lowest BCUT2D eigenvalue weighted by Gasteiger charge is -2.27. The van der Waals surface area contributed by atoms with Gasteiger partial charge < -0.3 is 9.47 Å². The van der Waals surface area contributed by atoms with E-state index in [1.807, 2.05) is 19.9 Å². The average Bonchev–Trinajstić information content (AvgIpc) is 3.18. The minimum absolute atomic E-state index is 0.163. The van der Waals surface area contributed by atoms with Crippen LogP contribution in [0.25, 0.3) is 0 Å². The summed E-state index contributed by atoms with van der Waals surface area (Å²) in [5, 5.41) is 0.786. The fraction of sp³-hybridized carbons (Fsp3) is 0.700. The van der Waals surface area contributed by atoms with E-state index in [1.54, 1.807) is 19.7 Å². The molecule has 1 aromatic rings. The number of hydrogen-bond donors (Lipinski definition) is 3. The molecule has 0 amide bonds. The Morgan fingerprint density at radius 1 is 1.21 bits per heavy atom. The highest BCUT2D eigenvalue weighted by Gasteiger charge is 2.30. The standard InChI is InChI=1S/C18H30N4O4.C2H6/c1-23-20-15-12-14-5-9-26-17(14)13-16(15)22(24-2)18(19)4-3-6-21-7-10-25-11-8-21;1-2/h12-13,18,20H,3-11,19H2,1-2H3;1-2H3/p+2. The highest BCUT2D eigenvalue weighted by molar-refractivity contribution is 5.59. The van der Waals surface area contributed by atoms with Gasteiger partial charge in [0, 0.05) is 37.6 Å². The van der Waals surface area contributed by atoms with Crippen molar-refractivity contribution in [2.45, 2.75) is 39.3 Å². The Morgan fingerprint density at radius 3 is 2.64 bits per heavy atom. The van der Waals surface area contributed by atoms with E-state index in [4.69, 9.17) is 24.9 Å². The van der Waals surface area contributed by atoms with Gasteiger partial charge in [-0.2, -0.15) is 5.48 Å². The van der Waals surface area contributed by atoms with E-state index in [0.717, 1.165) is 80.9 Å². The number of ether oxygens (including phenoxy) is 2. The largest absolute Gasteiger partial charge is 0.493 e. The van der Waals surface area contributed by atoms with Crippen LogP contribution >= 0.6 is 0 Å². The molecule has 0 aromatic heterocycles. The fourth-order valence-electron chi connectivity index (χ4n) is 3.63. The SMILES string of the molecule is CC.CO[NH2+]c1cc2c(cc1[NH+](OC)C(N)CCCN1CCOCC1)OCC2. The maximum absolute atomic E-state index is 6.49. The summed E-state index contributed by atoms with van der Waals surface area (Å²) in [6, 6.07) is 4.15. The second kappa shape index (κ2) is 12.3. The molecule has 0 aliphatic carbocycles. The van der Waals surface area contributed by atoms with Crippen molar-refractivity contribution in [2.24, 2.45) is 5.73 Å². The van der Waals surface area contributed by atoms with Gasteiger partial charge in [-0.3, -0.25) is 10.6 Å². The molecule has 0 bridgehead atoms. The number of quaternary nitrogens is 2. The van der Waals surface area contributed by atoms with Crippen LogP contribution in [0.2, 0.25) is 0 Å². The lowest BCUT2D eigenvalue weighted by atomic mass is 10.1. The highest BCUT2D eigenvalue weighted by Crippen LogP contribution is 2.31. The molecular weight excluding hydrogens is 360 g/mol. The predicted octanol–water partition coefficient (Wildman–Crippen LogP) is -0.121. The molecule has 3 rings (SSSR count). The molecule has 0 saturated carbocycles. The molecule has 1 aromatic carbocycles. The van der Waals surface area contributed by atoms with Crippen LogP contribution in [0.4, 0.5) is 11.4 Å². The van der Waals surface area contributed by atoms with Gasteiger partial charge in [0.1, 0.15) is 5.75 Å². The van der Waals surface area contributed by atoms with Crippen molar-refractivity contribution in [2.75, 3.05) is 53.7 Å². The summed E-state index contributed by atoms with van der Waals surface area (Å²) < 4.78 is 11.1. The second-order valence-corrected chi connectivity index (χ2v) is 6.77. The van der Waals surface area contributed by atoms with Gasteiger partial charge in [-0.15, -0.1) is 5.06 Å². The van der Waals surface area contributed by atoms with Gasteiger partial charge in [0.25, 0.3) is 0 Å². The number of nitrogens with two attached hydrogens (primary N) is 2. The first-order chi connectivity index (χ1) is 13.7. The van der Waals surface area contributed by atoms with Gasteiger partial charge in [-0.1, -0.05) is 13.8 Å². The zero-order valence-electron chi connectivity index (χ0n) is 17.8. The Kier molecular flexibility index (Phi) is 10.1. The second-order valence-electron chi connectivity index (χ2n) is 6.77. The summed E-state index contributed by atoms with van der Waals surface area (Å²) in [7, 11) is 3.34. The summed E-state index contributed by atoms with van der Waals surface area (Å²) in [6.45, 7) is 9.42. The first kappa shape index (κ1) is 23.0. The van der Waals surface area contributed by atoms with Crippen molar-refractivity contribution in [1.29, 1.82) is 0 Å². The third-order valence-corrected chi connectivity index (χ3v) is 5.02. The number of nitrogens with zero attached hydrogens (tertiary/aromatic N) is 1. The van der Waals surface area contributed by atoms with Crippen LogP contribution in [0.1, 0.15) is 32.3 Å². The molecule has 2 aliphatic heterocycles. The van der Waals surface area contributed by atoms with Crippen LogP contribution in [-0.4, -0.2) is 64.7 Å². The van der Waals surface area contributed by atoms with E-state index in [9.17, 15) is 0 Å². The maximum Gasteiger partial charge on any atom is 0.233 e. The van der Waals surface area contributed by atoms with E-state index in [2.05, 4.69) is 11.0 Å². The molecule has 2 heterocycles. The van der Waals surface area contributed by atoms with Crippen molar-refractivity contribution >= 4 is 11.4 Å². The lowest BCUT2D eigenvalue weighted by Crippen LogP contribution is -3.12. The highest BCUT2D eigenvalue weighted by atomic mass is 16.7. The monoisotopic (exact) mass is 398 g/mol. The number of fused-ring (bicyclic) bond motifs is 1. The van der Waals surface area contributed by atoms with E-state index in [0.29, 0.717) is 0 Å². The van der Waals surface area contributed by atoms with Crippen molar-refractivity contribution in [1.82, 2.24) is 4.90 Å². The molecule has 0 radical (unpaired) electrons. The third kappa shape index (κ3) is 6.12. The van der Waals surface area contributed by atoms with Gasteiger partial charge in [-0.25, -0.2) is 9.68 Å². The first-order valence-electron chi connectivity index (χ1n) is 10.4. The zero-order chi connectivity index (χ0) is 20.4. The van der Waals surface area contributed by atoms with Gasteiger partial charge in [-0.05, 0) is 13.0 Å². The maximum atomic E-state index is 6.49. The fourth-order valence-corrected chi connectivity index (χ4v) is 3.63. The lowest BCUT2D eigenvalue weighted by molar-refractivity contribution is -1.06. The Hall–Kier alpha value is -1.26. The predicted molar refractivity (Wildman–Crippen MR) is 108 cm³/mol. The Labute approximate surface area is 168 Å². The Bertz CT molecular complexity index is 582. The number of morpholine rings is 1. The molecule has 1 fully saturated rings. The molecular formula is C20H38N4O4+2. The van der Waals surface area contributed by atoms with Gasteiger partial charge >= 0.3 is 0 Å². The third-order valence-electron chi connectivity index (χ3n) is 5.02. The van der Waals surface area contributed by atoms with E-state index < -0.39 is 0 Å². The van der Waals surface area contributed by atoms with Crippen molar-refractivity contribution < 1.29 is 29.7 Å². The van der Waals surface area contributed by atoms with Crippen LogP contribution in [0.15, 0.2) is 12.1 Å². The van der Waals surface area contributed by atoms with Crippen molar-refractivity contribution in [3.8, 4) is 5.75 Å². The van der Waals surface area contributed by atoms with Crippen molar-refractivity contribution in [3.63, 3.8) is 0 Å². The molecule has 2 aliphatic rings. The quantitative estimate of drug-likeness (QED) is 0.305. The van der Waals surface area contributed by atoms with Crippen LogP contribution in [0.5, 0.6) is 5.75 Å². The smallest absolute Gasteiger partial charge is 0.233 e. The molecule has 160 valence electrons. The van der Waals surface area contributed by atoms with E-state index in [-0.39, 0.29) is 6.17 Å². The minimum atomic E-state index is -0.163. The first-order valence-corrected chi connectivity index (χ1v) is 10.4. The average molecular weight is 399 g/mol. The molecule has 8 nitrogen and oxygen atoms in total. The summed E-state index contributed by atoms with van der Waals surface area (Å²) in [5.74, 6) is 0.920. The van der Waals surface area contributed by atoms with E-state index >= 15 is 0 Å². The molecule has 2 unspecified atom stereocenters. The number of benzene rings is 1. The number of hydroxylamine groups is 1. The Morgan fingerprint density at radius 2 is 1.96 bits per heavy atom. The van der Waals surface area contributed by atoms with Crippen LogP contribution < -0.4 is 21.0 Å². The van der Waals surface area contributed by atoms with Crippen molar-refractivity contribution in [3.05, 3.63) is 17.7 Å². The Balaban J connectivity index is 0.00000136. The van der Waals surface area contributed by atoms with Gasteiger partial charge in [0.2, 0.25) is 11.4 Å². The van der Waals surface area contributed by atoms with Crippen LogP contribution in [0.3, 0.4) is 0 Å². The summed E-state index contributed by atoms with van der Waals surface area (Å²) >= 11 is 0.